The first-order chi connectivity index (χ1) is 17.7. The summed E-state index contributed by atoms with van der Waals surface area (Å²) in [6, 6.07) is 27.0. The Kier molecular flexibility index (Phi) is 6.95. The van der Waals surface area contributed by atoms with Crippen LogP contribution in [-0.4, -0.2) is 39.1 Å². The third-order valence-electron chi connectivity index (χ3n) is 6.26. The highest BCUT2D eigenvalue weighted by Crippen LogP contribution is 2.40. The average Bonchev–Trinajstić information content (AvgIpc) is 3.52. The number of carbonyl (C=O) groups excluding carboxylic acids is 1. The van der Waals surface area contributed by atoms with E-state index in [4.69, 9.17) is 17.0 Å². The van der Waals surface area contributed by atoms with Gasteiger partial charge in [-0.3, -0.25) is 9.78 Å². The molecule has 5 rings (SSSR count). The van der Waals surface area contributed by atoms with Crippen molar-refractivity contribution in [2.45, 2.75) is 18.5 Å². The van der Waals surface area contributed by atoms with Crippen molar-refractivity contribution >= 4 is 28.9 Å². The zero-order valence-corrected chi connectivity index (χ0v) is 20.7. The lowest BCUT2D eigenvalue weighted by molar-refractivity contribution is -0.116. The van der Waals surface area contributed by atoms with E-state index in [1.54, 1.807) is 13.3 Å². The zero-order valence-electron chi connectivity index (χ0n) is 19.9. The summed E-state index contributed by atoms with van der Waals surface area (Å²) in [6.45, 7) is 0.454. The molecule has 0 bridgehead atoms. The van der Waals surface area contributed by atoms with Crippen LogP contribution in [0.5, 0.6) is 5.75 Å². The summed E-state index contributed by atoms with van der Waals surface area (Å²) < 4.78 is 7.76. The number of hydrogen-bond donors (Lipinski definition) is 2. The van der Waals surface area contributed by atoms with Crippen molar-refractivity contribution < 1.29 is 9.53 Å². The number of ether oxygens (including phenoxy) is 1. The molecule has 1 aliphatic rings. The van der Waals surface area contributed by atoms with Crippen LogP contribution in [0.2, 0.25) is 0 Å². The summed E-state index contributed by atoms with van der Waals surface area (Å²) in [5.41, 5.74) is 3.61. The van der Waals surface area contributed by atoms with Crippen LogP contribution >= 0.6 is 12.2 Å². The Labute approximate surface area is 215 Å². The fraction of sp³-hybridized carbons (Fsp3) is 0.179. The Balaban J connectivity index is 1.47. The number of pyridine rings is 1. The Morgan fingerprint density at radius 3 is 2.58 bits per heavy atom. The van der Waals surface area contributed by atoms with E-state index in [0.717, 1.165) is 28.5 Å². The van der Waals surface area contributed by atoms with Crippen LogP contribution in [0.25, 0.3) is 5.69 Å². The highest BCUT2D eigenvalue weighted by molar-refractivity contribution is 7.80. The molecule has 1 amide bonds. The lowest BCUT2D eigenvalue weighted by Gasteiger charge is -2.29. The monoisotopic (exact) mass is 497 g/mol. The molecule has 2 aromatic carbocycles. The smallest absolute Gasteiger partial charge is 0.226 e. The van der Waals surface area contributed by atoms with Crippen molar-refractivity contribution in [1.29, 1.82) is 0 Å². The largest absolute Gasteiger partial charge is 0.495 e. The maximum absolute atomic E-state index is 12.8. The molecule has 1 aliphatic heterocycles. The van der Waals surface area contributed by atoms with Gasteiger partial charge in [-0.15, -0.1) is 0 Å². The number of methoxy groups -OCH3 is 1. The van der Waals surface area contributed by atoms with Crippen molar-refractivity contribution in [3.05, 3.63) is 109 Å². The number of amides is 1. The van der Waals surface area contributed by atoms with Gasteiger partial charge in [0, 0.05) is 36.7 Å². The van der Waals surface area contributed by atoms with Crippen molar-refractivity contribution in [3.63, 3.8) is 0 Å². The van der Waals surface area contributed by atoms with E-state index in [-0.39, 0.29) is 24.4 Å². The molecule has 1 fully saturated rings. The van der Waals surface area contributed by atoms with Gasteiger partial charge < -0.3 is 24.8 Å². The second-order valence-corrected chi connectivity index (χ2v) is 8.85. The predicted molar refractivity (Wildman–Crippen MR) is 144 cm³/mol. The van der Waals surface area contributed by atoms with Gasteiger partial charge in [0.2, 0.25) is 5.91 Å². The van der Waals surface area contributed by atoms with Gasteiger partial charge in [-0.2, -0.15) is 0 Å². The molecular weight excluding hydrogens is 470 g/mol. The van der Waals surface area contributed by atoms with Crippen molar-refractivity contribution in [3.8, 4) is 11.4 Å². The molecule has 3 heterocycles. The van der Waals surface area contributed by atoms with Gasteiger partial charge in [-0.25, -0.2) is 0 Å². The number of thiocarbonyl (C=S) groups is 1. The van der Waals surface area contributed by atoms with Crippen LogP contribution in [0.1, 0.15) is 29.9 Å². The van der Waals surface area contributed by atoms with Gasteiger partial charge in [0.25, 0.3) is 0 Å². The summed E-state index contributed by atoms with van der Waals surface area (Å²) in [5, 5.41) is 7.01. The third kappa shape index (κ3) is 4.81. The number of carbonyl (C=O) groups is 1. The standard InChI is InChI=1S/C28H27N5O2S/c1-35-24-15-6-5-13-22(24)32-18-9-14-23(32)27-26(21-12-7-8-17-29-21)31-28(36)33(27)19-16-25(34)30-20-10-3-2-4-11-20/h2-15,17-18,26-27H,16,19H2,1H3,(H,30,34)(H,31,36). The van der Waals surface area contributed by atoms with Crippen molar-refractivity contribution in [2.75, 3.05) is 19.0 Å². The number of anilines is 1. The number of para-hydroxylation sites is 3. The number of hydrogen-bond acceptors (Lipinski definition) is 4. The first kappa shape index (κ1) is 23.6. The Hall–Kier alpha value is -4.17. The van der Waals surface area contributed by atoms with Crippen molar-refractivity contribution in [2.24, 2.45) is 0 Å². The molecule has 2 unspecified atom stereocenters. The van der Waals surface area contributed by atoms with E-state index in [1.807, 2.05) is 85.1 Å². The second kappa shape index (κ2) is 10.6. The fourth-order valence-corrected chi connectivity index (χ4v) is 4.95. The molecule has 2 N–H and O–H groups in total. The van der Waals surface area contributed by atoms with Crippen LogP contribution < -0.4 is 15.4 Å². The second-order valence-electron chi connectivity index (χ2n) is 8.46. The van der Waals surface area contributed by atoms with E-state index in [1.165, 1.54) is 0 Å². The quantitative estimate of drug-likeness (QED) is 0.338. The van der Waals surface area contributed by atoms with Gasteiger partial charge in [-0.1, -0.05) is 36.4 Å². The molecule has 2 atom stereocenters. The molecule has 2 aromatic heterocycles. The first-order valence-electron chi connectivity index (χ1n) is 11.8. The topological polar surface area (TPSA) is 71.4 Å². The minimum absolute atomic E-state index is 0.0656. The lowest BCUT2D eigenvalue weighted by atomic mass is 10.0. The first-order valence-corrected chi connectivity index (χ1v) is 12.2. The molecule has 1 saturated heterocycles. The summed E-state index contributed by atoms with van der Waals surface area (Å²) in [7, 11) is 1.67. The Bertz CT molecular complexity index is 1340. The molecule has 0 saturated carbocycles. The maximum Gasteiger partial charge on any atom is 0.226 e. The van der Waals surface area contributed by atoms with E-state index in [0.29, 0.717) is 11.7 Å². The molecule has 8 heteroatoms. The summed E-state index contributed by atoms with van der Waals surface area (Å²) in [6.07, 6.45) is 4.09. The van der Waals surface area contributed by atoms with Gasteiger partial charge in [0.15, 0.2) is 5.11 Å². The lowest BCUT2D eigenvalue weighted by Crippen LogP contribution is -2.33. The van der Waals surface area contributed by atoms with E-state index in [9.17, 15) is 4.79 Å². The van der Waals surface area contributed by atoms with Crippen molar-refractivity contribution in [1.82, 2.24) is 19.8 Å². The summed E-state index contributed by atoms with van der Waals surface area (Å²) in [5.74, 6) is 0.704. The van der Waals surface area contributed by atoms with Crippen LogP contribution in [0.3, 0.4) is 0 Å². The third-order valence-corrected chi connectivity index (χ3v) is 6.62. The zero-order chi connectivity index (χ0) is 24.9. The van der Waals surface area contributed by atoms with Gasteiger partial charge >= 0.3 is 0 Å². The van der Waals surface area contributed by atoms with Crippen LogP contribution in [0.15, 0.2) is 97.3 Å². The highest BCUT2D eigenvalue weighted by Gasteiger charge is 2.41. The maximum atomic E-state index is 12.8. The van der Waals surface area contributed by atoms with Gasteiger partial charge in [0.1, 0.15) is 5.75 Å². The van der Waals surface area contributed by atoms with E-state index in [2.05, 4.69) is 31.2 Å². The number of nitrogens with one attached hydrogen (secondary N) is 2. The Morgan fingerprint density at radius 1 is 1.03 bits per heavy atom. The minimum Gasteiger partial charge on any atom is -0.495 e. The summed E-state index contributed by atoms with van der Waals surface area (Å²) in [4.78, 5) is 19.5. The number of benzene rings is 2. The number of nitrogens with zero attached hydrogens (tertiary/aromatic N) is 3. The molecule has 4 aromatic rings. The molecule has 7 nitrogen and oxygen atoms in total. The molecule has 36 heavy (non-hydrogen) atoms. The Morgan fingerprint density at radius 2 is 1.81 bits per heavy atom. The molecule has 0 radical (unpaired) electrons. The average molecular weight is 498 g/mol. The highest BCUT2D eigenvalue weighted by atomic mass is 32.1. The van der Waals surface area contributed by atoms with Gasteiger partial charge in [-0.05, 0) is 60.7 Å². The number of rotatable bonds is 8. The molecular formula is C28H27N5O2S. The minimum atomic E-state index is -0.183. The molecule has 182 valence electrons. The van der Waals surface area contributed by atoms with Crippen LogP contribution in [-0.2, 0) is 4.79 Å². The fourth-order valence-electron chi connectivity index (χ4n) is 4.62. The van der Waals surface area contributed by atoms with Crippen LogP contribution in [0, 0.1) is 0 Å². The normalized spacial score (nSPS) is 17.0. The van der Waals surface area contributed by atoms with Crippen LogP contribution in [0.4, 0.5) is 5.69 Å². The summed E-state index contributed by atoms with van der Waals surface area (Å²) >= 11 is 5.78. The molecule has 0 aliphatic carbocycles. The predicted octanol–water partition coefficient (Wildman–Crippen LogP) is 4.88. The number of aromatic nitrogens is 2. The van der Waals surface area contributed by atoms with E-state index < -0.39 is 0 Å². The van der Waals surface area contributed by atoms with Gasteiger partial charge in [0.05, 0.1) is 30.6 Å². The molecule has 0 spiro atoms. The SMILES string of the molecule is COc1ccccc1-n1cccc1C1C(c2ccccn2)NC(=S)N1CCC(=O)Nc1ccccc1. The van der Waals surface area contributed by atoms with E-state index >= 15 is 0 Å².